The van der Waals surface area contributed by atoms with Gasteiger partial charge in [-0.25, -0.2) is 0 Å². The maximum atomic E-state index is 13.5. The highest BCUT2D eigenvalue weighted by Crippen LogP contribution is 2.42. The minimum Gasteiger partial charge on any atom is -0.454 e. The van der Waals surface area contributed by atoms with Crippen LogP contribution in [0.5, 0.6) is 11.5 Å². The molecule has 0 aliphatic carbocycles. The van der Waals surface area contributed by atoms with Gasteiger partial charge in [-0.3, -0.25) is 9.69 Å². The Morgan fingerprint density at radius 1 is 1.09 bits per heavy atom. The fraction of sp³-hybridized carbons (Fsp3) is 0.464. The number of benzene rings is 2. The molecule has 1 amide bonds. The van der Waals surface area contributed by atoms with E-state index in [1.165, 1.54) is 5.56 Å². The van der Waals surface area contributed by atoms with Gasteiger partial charge in [0.25, 0.3) is 5.91 Å². The first-order chi connectivity index (χ1) is 16.7. The van der Waals surface area contributed by atoms with Gasteiger partial charge in [-0.2, -0.15) is 0 Å². The second-order valence-electron chi connectivity index (χ2n) is 9.28. The van der Waals surface area contributed by atoms with E-state index in [1.807, 2.05) is 17.0 Å². The Hall–Kier alpha value is -3.01. The summed E-state index contributed by atoms with van der Waals surface area (Å²) in [5.41, 5.74) is 2.85. The third kappa shape index (κ3) is 4.38. The minimum absolute atomic E-state index is 0.0212. The van der Waals surface area contributed by atoms with Crippen molar-refractivity contribution in [2.75, 3.05) is 33.0 Å². The van der Waals surface area contributed by atoms with Crippen LogP contribution >= 0.6 is 0 Å². The first kappa shape index (κ1) is 22.8. The first-order valence-corrected chi connectivity index (χ1v) is 12.3. The van der Waals surface area contributed by atoms with Crippen LogP contribution in [0.25, 0.3) is 0 Å². The molecule has 2 saturated heterocycles. The van der Waals surface area contributed by atoms with Gasteiger partial charge < -0.3 is 19.5 Å². The monoisotopic (exact) mass is 460 g/mol. The van der Waals surface area contributed by atoms with Crippen molar-refractivity contribution in [3.63, 3.8) is 0 Å². The molecule has 0 unspecified atom stereocenters. The molecule has 3 atom stereocenters. The maximum Gasteiger partial charge on any atom is 0.254 e. The van der Waals surface area contributed by atoms with Gasteiger partial charge >= 0.3 is 0 Å². The van der Waals surface area contributed by atoms with Crippen molar-refractivity contribution < 1.29 is 19.4 Å². The number of hydrogen-bond acceptors (Lipinski definition) is 5. The van der Waals surface area contributed by atoms with Gasteiger partial charge in [0.15, 0.2) is 11.5 Å². The van der Waals surface area contributed by atoms with Crippen molar-refractivity contribution in [3.8, 4) is 23.3 Å². The number of carbonyl (C=O) groups excluding carboxylic acids is 1. The molecule has 0 aromatic heterocycles. The average Bonchev–Trinajstić information content (AvgIpc) is 3.32. The molecule has 2 aromatic rings. The molecule has 2 fully saturated rings. The number of aliphatic hydroxyl groups is 1. The number of rotatable bonds is 4. The SMILES string of the molecule is CCCC#Cc1ccc([C@@H]2[C@H]3CN(C(=O)c4ccc5c(c4)OCO5)CCCCN3[C@H]2CO)cc1. The Kier molecular flexibility index (Phi) is 6.75. The summed E-state index contributed by atoms with van der Waals surface area (Å²) in [5.74, 6) is 7.94. The smallest absolute Gasteiger partial charge is 0.254 e. The predicted octanol–water partition coefficient (Wildman–Crippen LogP) is 3.63. The van der Waals surface area contributed by atoms with Gasteiger partial charge in [0.05, 0.1) is 6.61 Å². The molecule has 3 heterocycles. The van der Waals surface area contributed by atoms with Crippen LogP contribution in [0, 0.1) is 11.8 Å². The van der Waals surface area contributed by atoms with Crippen LogP contribution in [0.15, 0.2) is 42.5 Å². The zero-order valence-corrected chi connectivity index (χ0v) is 19.7. The lowest BCUT2D eigenvalue weighted by atomic mass is 9.74. The molecule has 0 radical (unpaired) electrons. The summed E-state index contributed by atoms with van der Waals surface area (Å²) in [5, 5.41) is 10.2. The van der Waals surface area contributed by atoms with E-state index in [9.17, 15) is 9.90 Å². The summed E-state index contributed by atoms with van der Waals surface area (Å²) >= 11 is 0. The summed E-state index contributed by atoms with van der Waals surface area (Å²) in [4.78, 5) is 17.8. The molecule has 178 valence electrons. The van der Waals surface area contributed by atoms with Gasteiger partial charge in [-0.1, -0.05) is 30.9 Å². The van der Waals surface area contributed by atoms with Crippen LogP contribution in [0.1, 0.15) is 60.0 Å². The Balaban J connectivity index is 1.35. The summed E-state index contributed by atoms with van der Waals surface area (Å²) in [6.07, 6.45) is 3.93. The molecule has 2 aromatic carbocycles. The van der Waals surface area contributed by atoms with Crippen molar-refractivity contribution >= 4 is 5.91 Å². The van der Waals surface area contributed by atoms with Crippen molar-refractivity contribution in [1.82, 2.24) is 9.80 Å². The molecular formula is C28H32N2O4. The Morgan fingerprint density at radius 3 is 2.68 bits per heavy atom. The molecule has 1 N–H and O–H groups in total. The van der Waals surface area contributed by atoms with Crippen LogP contribution in [0.3, 0.4) is 0 Å². The molecule has 6 heteroatoms. The van der Waals surface area contributed by atoms with Crippen LogP contribution in [0.4, 0.5) is 0 Å². The molecule has 6 nitrogen and oxygen atoms in total. The fourth-order valence-corrected chi connectivity index (χ4v) is 5.42. The highest BCUT2D eigenvalue weighted by molar-refractivity contribution is 5.95. The highest BCUT2D eigenvalue weighted by Gasteiger charge is 2.49. The molecule has 0 spiro atoms. The third-order valence-corrected chi connectivity index (χ3v) is 7.18. The van der Waals surface area contributed by atoms with Crippen molar-refractivity contribution in [2.45, 2.75) is 50.6 Å². The van der Waals surface area contributed by atoms with E-state index in [0.717, 1.165) is 44.3 Å². The summed E-state index contributed by atoms with van der Waals surface area (Å²) in [6.45, 7) is 4.78. The zero-order valence-electron chi connectivity index (χ0n) is 19.7. The van der Waals surface area contributed by atoms with E-state index < -0.39 is 0 Å². The predicted molar refractivity (Wildman–Crippen MR) is 130 cm³/mol. The van der Waals surface area contributed by atoms with E-state index in [0.29, 0.717) is 23.6 Å². The topological polar surface area (TPSA) is 62.2 Å². The molecular weight excluding hydrogens is 428 g/mol. The van der Waals surface area contributed by atoms with Crippen molar-refractivity contribution in [3.05, 3.63) is 59.2 Å². The number of amides is 1. The summed E-state index contributed by atoms with van der Waals surface area (Å²) < 4.78 is 10.9. The van der Waals surface area contributed by atoms with Crippen LogP contribution < -0.4 is 9.47 Å². The Bertz CT molecular complexity index is 1090. The molecule has 3 aliphatic heterocycles. The van der Waals surface area contributed by atoms with Gasteiger partial charge in [0.2, 0.25) is 6.79 Å². The van der Waals surface area contributed by atoms with Gasteiger partial charge in [0, 0.05) is 48.6 Å². The van der Waals surface area contributed by atoms with Crippen molar-refractivity contribution in [2.24, 2.45) is 0 Å². The van der Waals surface area contributed by atoms with Gasteiger partial charge in [-0.05, 0) is 61.7 Å². The molecule has 0 bridgehead atoms. The number of nitrogens with zero attached hydrogens (tertiary/aromatic N) is 2. The first-order valence-electron chi connectivity index (χ1n) is 12.3. The fourth-order valence-electron chi connectivity index (χ4n) is 5.42. The normalized spacial score (nSPS) is 23.7. The van der Waals surface area contributed by atoms with E-state index in [4.69, 9.17) is 9.47 Å². The molecule has 3 aliphatic rings. The molecule has 34 heavy (non-hydrogen) atoms. The van der Waals surface area contributed by atoms with E-state index >= 15 is 0 Å². The van der Waals surface area contributed by atoms with Crippen LogP contribution in [-0.4, -0.2) is 65.9 Å². The second kappa shape index (κ2) is 10.1. The number of ether oxygens (including phenoxy) is 2. The lowest BCUT2D eigenvalue weighted by Gasteiger charge is -2.57. The largest absolute Gasteiger partial charge is 0.454 e. The number of fused-ring (bicyclic) bond motifs is 2. The zero-order chi connectivity index (χ0) is 23.5. The Labute approximate surface area is 201 Å². The van der Waals surface area contributed by atoms with Gasteiger partial charge in [-0.15, -0.1) is 0 Å². The standard InChI is InChI=1S/C28H32N2O4/c1-2-3-4-7-20-8-10-21(11-9-20)27-23-17-29(14-5-6-15-30(23)24(27)18-31)28(32)22-12-13-25-26(16-22)34-19-33-25/h8-13,16,23-24,27,31H,2-3,5-6,14-15,17-19H2,1H3/t23-,24+,27-/m1/s1. The number of carbonyl (C=O) groups is 1. The highest BCUT2D eigenvalue weighted by atomic mass is 16.7. The molecule has 0 saturated carbocycles. The van der Waals surface area contributed by atoms with Crippen molar-refractivity contribution in [1.29, 1.82) is 0 Å². The Morgan fingerprint density at radius 2 is 1.88 bits per heavy atom. The summed E-state index contributed by atoms with van der Waals surface area (Å²) in [7, 11) is 0. The van der Waals surface area contributed by atoms with Crippen LogP contribution in [-0.2, 0) is 0 Å². The quantitative estimate of drug-likeness (QED) is 0.706. The van der Waals surface area contributed by atoms with E-state index in [2.05, 4.69) is 47.9 Å². The number of hydrogen-bond donors (Lipinski definition) is 1. The third-order valence-electron chi connectivity index (χ3n) is 7.18. The second-order valence-corrected chi connectivity index (χ2v) is 9.28. The number of unbranched alkanes of at least 4 members (excludes halogenated alkanes) is 1. The lowest BCUT2D eigenvalue weighted by molar-refractivity contribution is -0.0606. The minimum atomic E-state index is 0.0212. The lowest BCUT2D eigenvalue weighted by Crippen LogP contribution is -2.67. The van der Waals surface area contributed by atoms with Gasteiger partial charge in [0.1, 0.15) is 0 Å². The maximum absolute atomic E-state index is 13.5. The van der Waals surface area contributed by atoms with E-state index in [1.54, 1.807) is 6.07 Å². The number of aliphatic hydroxyl groups excluding tert-OH is 1. The van der Waals surface area contributed by atoms with E-state index in [-0.39, 0.29) is 37.3 Å². The summed E-state index contributed by atoms with van der Waals surface area (Å²) in [6, 6.07) is 14.1. The molecule has 5 rings (SSSR count). The van der Waals surface area contributed by atoms with Crippen LogP contribution in [0.2, 0.25) is 0 Å². The average molecular weight is 461 g/mol.